The zero-order chi connectivity index (χ0) is 9.97. The number of hydrogen-bond donors (Lipinski definition) is 0. The van der Waals surface area contributed by atoms with E-state index in [0.29, 0.717) is 11.7 Å². The summed E-state index contributed by atoms with van der Waals surface area (Å²) < 4.78 is 0. The van der Waals surface area contributed by atoms with Gasteiger partial charge in [0.15, 0.2) is 5.78 Å². The van der Waals surface area contributed by atoms with E-state index >= 15 is 0 Å². The van der Waals surface area contributed by atoms with E-state index in [1.54, 1.807) is 6.20 Å². The molecule has 2 heteroatoms. The Morgan fingerprint density at radius 3 is 2.93 bits per heavy atom. The van der Waals surface area contributed by atoms with Crippen LogP contribution in [0, 0.1) is 5.92 Å². The van der Waals surface area contributed by atoms with Gasteiger partial charge in [0.2, 0.25) is 0 Å². The minimum absolute atomic E-state index is 0.294. The molecule has 0 unspecified atom stereocenters. The summed E-state index contributed by atoms with van der Waals surface area (Å²) in [5.41, 5.74) is 1.98. The van der Waals surface area contributed by atoms with Crippen LogP contribution in [-0.4, -0.2) is 10.8 Å². The first-order valence-electron chi connectivity index (χ1n) is 5.30. The summed E-state index contributed by atoms with van der Waals surface area (Å²) in [6, 6.07) is 1.86. The molecule has 74 valence electrons. The van der Waals surface area contributed by atoms with Crippen molar-refractivity contribution in [3.8, 4) is 0 Å². The van der Waals surface area contributed by atoms with Gasteiger partial charge in [-0.05, 0) is 30.9 Å². The Kier molecular flexibility index (Phi) is 2.62. The number of pyridine rings is 1. The number of nitrogens with zero attached hydrogens (tertiary/aromatic N) is 1. The lowest BCUT2D eigenvalue weighted by molar-refractivity contribution is 0.0854. The number of carbonyl (C=O) groups excluding carboxylic acids is 1. The summed E-state index contributed by atoms with van der Waals surface area (Å²) in [7, 11) is 0. The van der Waals surface area contributed by atoms with Crippen LogP contribution in [0.5, 0.6) is 0 Å². The third-order valence-electron chi connectivity index (χ3n) is 3.03. The molecule has 0 atom stereocenters. The molecule has 14 heavy (non-hydrogen) atoms. The average Bonchev–Trinajstić information content (AvgIpc) is 2.15. The van der Waals surface area contributed by atoms with Crippen LogP contribution >= 0.6 is 0 Å². The van der Waals surface area contributed by atoms with Gasteiger partial charge in [-0.15, -0.1) is 0 Å². The summed E-state index contributed by atoms with van der Waals surface area (Å²) in [5, 5.41) is 0. The Morgan fingerprint density at radius 1 is 1.57 bits per heavy atom. The van der Waals surface area contributed by atoms with Gasteiger partial charge in [-0.3, -0.25) is 9.78 Å². The minimum atomic E-state index is 0.294. The molecule has 2 nitrogen and oxygen atoms in total. The van der Waals surface area contributed by atoms with E-state index < -0.39 is 0 Å². The second-order valence-corrected chi connectivity index (χ2v) is 3.88. The molecule has 0 bridgehead atoms. The van der Waals surface area contributed by atoms with E-state index in [4.69, 9.17) is 0 Å². The van der Waals surface area contributed by atoms with E-state index in [0.717, 1.165) is 30.4 Å². The molecule has 1 aliphatic carbocycles. The van der Waals surface area contributed by atoms with Gasteiger partial charge in [-0.2, -0.15) is 0 Å². The molecular formula is C12H15NO. The molecule has 1 aliphatic rings. The normalized spacial score (nSPS) is 16.4. The van der Waals surface area contributed by atoms with Gasteiger partial charge < -0.3 is 0 Å². The van der Waals surface area contributed by atoms with Gasteiger partial charge in [0.1, 0.15) is 0 Å². The highest BCUT2D eigenvalue weighted by Gasteiger charge is 2.27. The Balaban J connectivity index is 2.25. The van der Waals surface area contributed by atoms with Crippen LogP contribution in [0.25, 0.3) is 0 Å². The molecule has 1 aromatic heterocycles. The number of rotatable bonds is 3. The van der Waals surface area contributed by atoms with Crippen molar-refractivity contribution >= 4 is 5.78 Å². The van der Waals surface area contributed by atoms with E-state index in [2.05, 4.69) is 11.9 Å². The molecular weight excluding hydrogens is 174 g/mol. The highest BCUT2D eigenvalue weighted by atomic mass is 16.1. The van der Waals surface area contributed by atoms with E-state index in [9.17, 15) is 4.79 Å². The lowest BCUT2D eigenvalue weighted by Gasteiger charge is -2.24. The maximum absolute atomic E-state index is 12.0. The minimum Gasteiger partial charge on any atom is -0.294 e. The Hall–Kier alpha value is -1.18. The molecule has 0 amide bonds. The van der Waals surface area contributed by atoms with Crippen molar-refractivity contribution < 1.29 is 4.79 Å². The quantitative estimate of drug-likeness (QED) is 0.684. The highest BCUT2D eigenvalue weighted by molar-refractivity contribution is 5.99. The summed E-state index contributed by atoms with van der Waals surface area (Å²) in [6.45, 7) is 2.06. The monoisotopic (exact) mass is 189 g/mol. The lowest BCUT2D eigenvalue weighted by atomic mass is 9.79. The number of Topliss-reactive ketones (excluding diaryl/α,β-unsaturated/α-hetero) is 1. The van der Waals surface area contributed by atoms with Crippen molar-refractivity contribution in [2.45, 2.75) is 32.6 Å². The van der Waals surface area contributed by atoms with Crippen LogP contribution in [0.15, 0.2) is 18.5 Å². The van der Waals surface area contributed by atoms with Gasteiger partial charge in [-0.1, -0.05) is 13.3 Å². The topological polar surface area (TPSA) is 30.0 Å². The van der Waals surface area contributed by atoms with Gasteiger partial charge in [-0.25, -0.2) is 0 Å². The van der Waals surface area contributed by atoms with Crippen LogP contribution in [0.4, 0.5) is 0 Å². The van der Waals surface area contributed by atoms with Gasteiger partial charge in [0.25, 0.3) is 0 Å². The smallest absolute Gasteiger partial charge is 0.166 e. The van der Waals surface area contributed by atoms with Crippen molar-refractivity contribution in [3.05, 3.63) is 29.6 Å². The number of carbonyl (C=O) groups is 1. The zero-order valence-electron chi connectivity index (χ0n) is 8.49. The molecule has 1 aromatic rings. The summed E-state index contributed by atoms with van der Waals surface area (Å²) in [6.07, 6.45) is 7.77. The average molecular weight is 189 g/mol. The van der Waals surface area contributed by atoms with E-state index in [1.807, 2.05) is 12.3 Å². The molecule has 1 fully saturated rings. The van der Waals surface area contributed by atoms with Gasteiger partial charge in [0, 0.05) is 23.9 Å². The first kappa shape index (κ1) is 9.38. The van der Waals surface area contributed by atoms with Crippen LogP contribution < -0.4 is 0 Å². The number of aromatic nitrogens is 1. The summed E-state index contributed by atoms with van der Waals surface area (Å²) in [5.74, 6) is 0.623. The molecule has 1 heterocycles. The Labute approximate surface area is 84.4 Å². The molecule has 0 N–H and O–H groups in total. The maximum Gasteiger partial charge on any atom is 0.166 e. The van der Waals surface area contributed by atoms with Gasteiger partial charge in [0.05, 0.1) is 0 Å². The van der Waals surface area contributed by atoms with Crippen molar-refractivity contribution in [2.75, 3.05) is 0 Å². The van der Waals surface area contributed by atoms with E-state index in [-0.39, 0.29) is 0 Å². The molecule has 1 saturated carbocycles. The fourth-order valence-corrected chi connectivity index (χ4v) is 1.84. The highest BCUT2D eigenvalue weighted by Crippen LogP contribution is 2.30. The molecule has 0 spiro atoms. The van der Waals surface area contributed by atoms with Crippen molar-refractivity contribution in [3.63, 3.8) is 0 Å². The second-order valence-electron chi connectivity index (χ2n) is 3.88. The standard InChI is InChI=1S/C12H15NO/c1-2-9-8-13-7-6-11(9)12(14)10-4-3-5-10/h6-8,10H,2-5H2,1H3. The first-order valence-corrected chi connectivity index (χ1v) is 5.30. The molecule has 2 rings (SSSR count). The van der Waals surface area contributed by atoms with Gasteiger partial charge >= 0.3 is 0 Å². The summed E-state index contributed by atoms with van der Waals surface area (Å²) >= 11 is 0. The third kappa shape index (κ3) is 1.57. The fourth-order valence-electron chi connectivity index (χ4n) is 1.84. The van der Waals surface area contributed by atoms with Crippen LogP contribution in [-0.2, 0) is 6.42 Å². The van der Waals surface area contributed by atoms with Crippen LogP contribution in [0.1, 0.15) is 42.1 Å². The van der Waals surface area contributed by atoms with Crippen LogP contribution in [0.2, 0.25) is 0 Å². The zero-order valence-corrected chi connectivity index (χ0v) is 8.49. The van der Waals surface area contributed by atoms with Crippen LogP contribution in [0.3, 0.4) is 0 Å². The Morgan fingerprint density at radius 2 is 2.36 bits per heavy atom. The molecule has 0 aliphatic heterocycles. The molecule has 0 radical (unpaired) electrons. The predicted octanol–water partition coefficient (Wildman–Crippen LogP) is 2.63. The number of ketones is 1. The summed E-state index contributed by atoms with van der Waals surface area (Å²) in [4.78, 5) is 16.0. The Bertz CT molecular complexity index is 342. The third-order valence-corrected chi connectivity index (χ3v) is 3.03. The SMILES string of the molecule is CCc1cnccc1C(=O)C1CCC1. The number of hydrogen-bond acceptors (Lipinski definition) is 2. The number of aryl methyl sites for hydroxylation is 1. The molecule has 0 saturated heterocycles. The lowest BCUT2D eigenvalue weighted by Crippen LogP contribution is -2.23. The second kappa shape index (κ2) is 3.91. The maximum atomic E-state index is 12.0. The van der Waals surface area contributed by atoms with E-state index in [1.165, 1.54) is 6.42 Å². The van der Waals surface area contributed by atoms with Crippen molar-refractivity contribution in [1.29, 1.82) is 0 Å². The largest absolute Gasteiger partial charge is 0.294 e. The van der Waals surface area contributed by atoms with Crippen molar-refractivity contribution in [2.24, 2.45) is 5.92 Å². The predicted molar refractivity (Wildman–Crippen MR) is 55.3 cm³/mol. The molecule has 0 aromatic carbocycles. The van der Waals surface area contributed by atoms with Crippen molar-refractivity contribution in [1.82, 2.24) is 4.98 Å². The fraction of sp³-hybridized carbons (Fsp3) is 0.500. The first-order chi connectivity index (χ1) is 6.83.